The minimum Gasteiger partial charge on any atom is -0.382 e. The van der Waals surface area contributed by atoms with Crippen LogP contribution in [0.2, 0.25) is 0 Å². The van der Waals surface area contributed by atoms with Gasteiger partial charge in [0, 0.05) is 12.7 Å². The van der Waals surface area contributed by atoms with Crippen molar-refractivity contribution in [3.63, 3.8) is 0 Å². The van der Waals surface area contributed by atoms with Crippen molar-refractivity contribution in [1.82, 2.24) is 10.3 Å². The maximum atomic E-state index is 12.1. The van der Waals surface area contributed by atoms with E-state index >= 15 is 0 Å². The first-order valence-corrected chi connectivity index (χ1v) is 5.40. The van der Waals surface area contributed by atoms with Gasteiger partial charge < -0.3 is 10.4 Å². The monoisotopic (exact) mass is 246 g/mol. The number of nitrogens with one attached hydrogen (secondary N) is 1. The van der Waals surface area contributed by atoms with Gasteiger partial charge in [0.25, 0.3) is 0 Å². The molecule has 1 aliphatic carbocycles. The van der Waals surface area contributed by atoms with Crippen molar-refractivity contribution in [2.75, 3.05) is 6.54 Å². The van der Waals surface area contributed by atoms with Gasteiger partial charge in [-0.2, -0.15) is 13.2 Å². The molecular weight excluding hydrogens is 233 g/mol. The second kappa shape index (κ2) is 4.62. The SMILES string of the molecule is OC(CNC1CCc2cccnc21)C(F)(F)F. The first kappa shape index (κ1) is 12.3. The molecule has 0 aromatic carbocycles. The summed E-state index contributed by atoms with van der Waals surface area (Å²) in [5.74, 6) is 0. The zero-order chi connectivity index (χ0) is 12.5. The van der Waals surface area contributed by atoms with E-state index in [1.54, 1.807) is 6.20 Å². The van der Waals surface area contributed by atoms with Gasteiger partial charge in [0.1, 0.15) is 0 Å². The summed E-state index contributed by atoms with van der Waals surface area (Å²) in [6.07, 6.45) is -3.74. The van der Waals surface area contributed by atoms with E-state index in [9.17, 15) is 13.2 Å². The van der Waals surface area contributed by atoms with E-state index in [1.807, 2.05) is 12.1 Å². The largest absolute Gasteiger partial charge is 0.415 e. The fourth-order valence-corrected chi connectivity index (χ4v) is 1.98. The Balaban J connectivity index is 1.94. The van der Waals surface area contributed by atoms with Gasteiger partial charge in [0.2, 0.25) is 0 Å². The Morgan fingerprint density at radius 1 is 1.53 bits per heavy atom. The number of aliphatic hydroxyl groups is 1. The third kappa shape index (κ3) is 2.76. The standard InChI is InChI=1S/C11H13F3N2O/c12-11(13,14)9(17)6-16-8-4-3-7-2-1-5-15-10(7)8/h1-2,5,8-9,16-17H,3-4,6H2. The number of nitrogens with zero attached hydrogens (tertiary/aromatic N) is 1. The highest BCUT2D eigenvalue weighted by Crippen LogP contribution is 2.29. The molecule has 3 nitrogen and oxygen atoms in total. The molecule has 0 radical (unpaired) electrons. The lowest BCUT2D eigenvalue weighted by Crippen LogP contribution is -2.39. The Labute approximate surface area is 96.7 Å². The minimum atomic E-state index is -4.57. The van der Waals surface area contributed by atoms with E-state index in [-0.39, 0.29) is 6.04 Å². The number of aliphatic hydroxyl groups excluding tert-OH is 1. The Bertz CT molecular complexity index is 395. The van der Waals surface area contributed by atoms with Crippen LogP contribution in [0.5, 0.6) is 0 Å². The number of rotatable bonds is 3. The van der Waals surface area contributed by atoms with Crippen LogP contribution in [0.4, 0.5) is 13.2 Å². The number of alkyl halides is 3. The molecule has 2 unspecified atom stereocenters. The Morgan fingerprint density at radius 3 is 3.00 bits per heavy atom. The topological polar surface area (TPSA) is 45.1 Å². The maximum absolute atomic E-state index is 12.1. The number of hydrogen-bond donors (Lipinski definition) is 2. The number of pyridine rings is 1. The van der Waals surface area contributed by atoms with Crippen LogP contribution in [0.25, 0.3) is 0 Å². The summed E-state index contributed by atoms with van der Waals surface area (Å²) >= 11 is 0. The first-order chi connectivity index (χ1) is 7.98. The van der Waals surface area contributed by atoms with Crippen LogP contribution in [0, 0.1) is 0 Å². The zero-order valence-corrected chi connectivity index (χ0v) is 9.04. The summed E-state index contributed by atoms with van der Waals surface area (Å²) in [4.78, 5) is 4.16. The van der Waals surface area contributed by atoms with E-state index in [4.69, 9.17) is 5.11 Å². The smallest absolute Gasteiger partial charge is 0.382 e. The van der Waals surface area contributed by atoms with E-state index in [1.165, 1.54) is 0 Å². The molecule has 17 heavy (non-hydrogen) atoms. The van der Waals surface area contributed by atoms with E-state index in [2.05, 4.69) is 10.3 Å². The van der Waals surface area contributed by atoms with Crippen LogP contribution in [-0.2, 0) is 6.42 Å². The molecule has 1 aliphatic rings. The first-order valence-electron chi connectivity index (χ1n) is 5.40. The quantitative estimate of drug-likeness (QED) is 0.851. The van der Waals surface area contributed by atoms with E-state index in [0.717, 1.165) is 24.1 Å². The lowest BCUT2D eigenvalue weighted by Gasteiger charge is -2.18. The molecule has 2 atom stereocenters. The lowest BCUT2D eigenvalue weighted by molar-refractivity contribution is -0.202. The summed E-state index contributed by atoms with van der Waals surface area (Å²) in [6, 6.07) is 3.54. The molecule has 1 aromatic heterocycles. The van der Waals surface area contributed by atoms with Crippen LogP contribution in [0.3, 0.4) is 0 Å². The highest BCUT2D eigenvalue weighted by Gasteiger charge is 2.38. The molecule has 2 rings (SSSR count). The van der Waals surface area contributed by atoms with Crippen LogP contribution in [0.1, 0.15) is 23.7 Å². The van der Waals surface area contributed by atoms with Gasteiger partial charge in [0.15, 0.2) is 6.10 Å². The third-order valence-corrected chi connectivity index (χ3v) is 2.89. The molecule has 94 valence electrons. The van der Waals surface area contributed by atoms with Crippen molar-refractivity contribution in [1.29, 1.82) is 0 Å². The average Bonchev–Trinajstić information content (AvgIpc) is 2.68. The Kier molecular flexibility index (Phi) is 3.35. The van der Waals surface area contributed by atoms with Crippen molar-refractivity contribution < 1.29 is 18.3 Å². The maximum Gasteiger partial charge on any atom is 0.415 e. The van der Waals surface area contributed by atoms with Crippen molar-refractivity contribution in [3.05, 3.63) is 29.6 Å². The van der Waals surface area contributed by atoms with Crippen LogP contribution < -0.4 is 5.32 Å². The number of aryl methyl sites for hydroxylation is 1. The van der Waals surface area contributed by atoms with Gasteiger partial charge in [-0.3, -0.25) is 4.98 Å². The highest BCUT2D eigenvalue weighted by atomic mass is 19.4. The van der Waals surface area contributed by atoms with Gasteiger partial charge >= 0.3 is 6.18 Å². The summed E-state index contributed by atoms with van der Waals surface area (Å²) in [6.45, 7) is -0.496. The molecule has 0 aliphatic heterocycles. The normalized spacial score (nSPS) is 21.3. The van der Waals surface area contributed by atoms with Gasteiger partial charge in [-0.1, -0.05) is 6.07 Å². The zero-order valence-electron chi connectivity index (χ0n) is 9.04. The molecule has 0 saturated heterocycles. The summed E-state index contributed by atoms with van der Waals surface area (Å²) in [7, 11) is 0. The predicted molar refractivity (Wildman–Crippen MR) is 55.4 cm³/mol. The van der Waals surface area contributed by atoms with Crippen LogP contribution >= 0.6 is 0 Å². The lowest BCUT2D eigenvalue weighted by atomic mass is 10.2. The summed E-state index contributed by atoms with van der Waals surface area (Å²) < 4.78 is 36.3. The van der Waals surface area contributed by atoms with Crippen LogP contribution in [0.15, 0.2) is 18.3 Å². The molecule has 0 saturated carbocycles. The number of aromatic nitrogens is 1. The van der Waals surface area contributed by atoms with Crippen molar-refractivity contribution >= 4 is 0 Å². The predicted octanol–water partition coefficient (Wildman–Crippen LogP) is 1.58. The van der Waals surface area contributed by atoms with E-state index in [0.29, 0.717) is 0 Å². The second-order valence-electron chi connectivity index (χ2n) is 4.10. The van der Waals surface area contributed by atoms with Crippen LogP contribution in [-0.4, -0.2) is 28.9 Å². The molecule has 2 N–H and O–H groups in total. The molecule has 0 spiro atoms. The fraction of sp³-hybridized carbons (Fsp3) is 0.545. The number of halogens is 3. The molecule has 6 heteroatoms. The van der Waals surface area contributed by atoms with Crippen molar-refractivity contribution in [3.8, 4) is 0 Å². The fourth-order valence-electron chi connectivity index (χ4n) is 1.98. The Morgan fingerprint density at radius 2 is 2.29 bits per heavy atom. The molecular formula is C11H13F3N2O. The van der Waals surface area contributed by atoms with Crippen molar-refractivity contribution in [2.45, 2.75) is 31.2 Å². The van der Waals surface area contributed by atoms with Gasteiger partial charge in [-0.25, -0.2) is 0 Å². The van der Waals surface area contributed by atoms with Gasteiger partial charge in [-0.05, 0) is 24.5 Å². The average molecular weight is 246 g/mol. The summed E-state index contributed by atoms with van der Waals surface area (Å²) in [5, 5.41) is 11.6. The van der Waals surface area contributed by atoms with Gasteiger partial charge in [0.05, 0.1) is 11.7 Å². The van der Waals surface area contributed by atoms with E-state index < -0.39 is 18.8 Å². The number of hydrogen-bond acceptors (Lipinski definition) is 3. The number of fused-ring (bicyclic) bond motifs is 1. The highest BCUT2D eigenvalue weighted by molar-refractivity contribution is 5.27. The molecule has 1 heterocycles. The molecule has 0 fully saturated rings. The minimum absolute atomic E-state index is 0.191. The van der Waals surface area contributed by atoms with Gasteiger partial charge in [-0.15, -0.1) is 0 Å². The summed E-state index contributed by atoms with van der Waals surface area (Å²) in [5.41, 5.74) is 1.85. The third-order valence-electron chi connectivity index (χ3n) is 2.89. The van der Waals surface area contributed by atoms with Crippen molar-refractivity contribution in [2.24, 2.45) is 0 Å². The molecule has 0 bridgehead atoms. The second-order valence-corrected chi connectivity index (χ2v) is 4.10. The Hall–Kier alpha value is -1.14. The molecule has 1 aromatic rings. The molecule has 0 amide bonds.